The Kier molecular flexibility index (Phi) is 2.77. The van der Waals surface area contributed by atoms with Crippen LogP contribution in [-0.2, 0) is 4.79 Å². The predicted octanol–water partition coefficient (Wildman–Crippen LogP) is 1.18. The number of carbonyl (C=O) groups excluding carboxylic acids is 1. The summed E-state index contributed by atoms with van der Waals surface area (Å²) >= 11 is 0. The summed E-state index contributed by atoms with van der Waals surface area (Å²) < 4.78 is 5.24. The summed E-state index contributed by atoms with van der Waals surface area (Å²) in [5, 5.41) is 0. The van der Waals surface area contributed by atoms with Gasteiger partial charge in [0.25, 0.3) is 0 Å². The molecule has 4 rings (SSSR count). The van der Waals surface area contributed by atoms with E-state index >= 15 is 0 Å². The van der Waals surface area contributed by atoms with Crippen LogP contribution in [0.2, 0.25) is 0 Å². The Hall–Kier alpha value is -2.24. The van der Waals surface area contributed by atoms with E-state index in [0.29, 0.717) is 17.0 Å². The van der Waals surface area contributed by atoms with Gasteiger partial charge in [-0.3, -0.25) is 9.78 Å². The maximum absolute atomic E-state index is 12.1. The Balaban J connectivity index is 1.54. The van der Waals surface area contributed by atoms with Crippen LogP contribution in [0, 0.1) is 5.92 Å². The molecule has 0 radical (unpaired) electrons. The van der Waals surface area contributed by atoms with E-state index in [9.17, 15) is 9.59 Å². The molecule has 0 unspecified atom stereocenters. The maximum Gasteiger partial charge on any atom is 0.417 e. The van der Waals surface area contributed by atoms with Crippen molar-refractivity contribution in [1.82, 2.24) is 9.88 Å². The quantitative estimate of drug-likeness (QED) is 0.900. The Labute approximate surface area is 121 Å². The Morgan fingerprint density at radius 1 is 1.19 bits per heavy atom. The van der Waals surface area contributed by atoms with Crippen molar-refractivity contribution in [1.29, 1.82) is 0 Å². The van der Waals surface area contributed by atoms with Crippen molar-refractivity contribution in [3.05, 3.63) is 28.7 Å². The molecular formula is C15H17N3O3. The zero-order valence-electron chi connectivity index (χ0n) is 11.7. The second-order valence-electron chi connectivity index (χ2n) is 5.75. The van der Waals surface area contributed by atoms with Crippen LogP contribution in [0.1, 0.15) is 12.8 Å². The first-order valence-corrected chi connectivity index (χ1v) is 7.38. The maximum atomic E-state index is 12.1. The second kappa shape index (κ2) is 4.65. The molecule has 0 atom stereocenters. The number of carbonyl (C=O) groups is 1. The fraction of sp³-hybridized carbons (Fsp3) is 0.467. The van der Waals surface area contributed by atoms with Crippen LogP contribution in [-0.4, -0.2) is 42.0 Å². The SMILES string of the molecule is O=C(C1CC1)N1CCN(c2cccc3[nH]c(=O)oc23)CC1. The third kappa shape index (κ3) is 2.20. The average molecular weight is 287 g/mol. The third-order valence-electron chi connectivity index (χ3n) is 4.28. The first kappa shape index (κ1) is 12.5. The summed E-state index contributed by atoms with van der Waals surface area (Å²) in [7, 11) is 0. The van der Waals surface area contributed by atoms with Gasteiger partial charge < -0.3 is 14.2 Å². The number of rotatable bonds is 2. The Morgan fingerprint density at radius 3 is 2.67 bits per heavy atom. The van der Waals surface area contributed by atoms with Gasteiger partial charge in [-0.25, -0.2) is 4.79 Å². The van der Waals surface area contributed by atoms with Gasteiger partial charge in [0, 0.05) is 32.1 Å². The van der Waals surface area contributed by atoms with E-state index < -0.39 is 5.76 Å². The largest absolute Gasteiger partial charge is 0.417 e. The number of hydrogen-bond acceptors (Lipinski definition) is 4. The summed E-state index contributed by atoms with van der Waals surface area (Å²) in [4.78, 5) is 30.2. The number of amides is 1. The smallest absolute Gasteiger partial charge is 0.406 e. The zero-order chi connectivity index (χ0) is 14.4. The minimum absolute atomic E-state index is 0.280. The average Bonchev–Trinajstić information content (AvgIpc) is 3.27. The van der Waals surface area contributed by atoms with Gasteiger partial charge in [-0.1, -0.05) is 6.07 Å². The highest BCUT2D eigenvalue weighted by Crippen LogP contribution is 2.32. The molecule has 6 nitrogen and oxygen atoms in total. The van der Waals surface area contributed by atoms with Crippen LogP contribution in [0.5, 0.6) is 0 Å². The number of nitrogens with one attached hydrogen (secondary N) is 1. The van der Waals surface area contributed by atoms with Crippen molar-refractivity contribution in [2.24, 2.45) is 5.92 Å². The highest BCUT2D eigenvalue weighted by Gasteiger charge is 2.34. The molecule has 21 heavy (non-hydrogen) atoms. The summed E-state index contributed by atoms with van der Waals surface area (Å²) in [6.45, 7) is 3.01. The van der Waals surface area contributed by atoms with Crippen molar-refractivity contribution >= 4 is 22.7 Å². The number of fused-ring (bicyclic) bond motifs is 1. The number of para-hydroxylation sites is 1. The lowest BCUT2D eigenvalue weighted by molar-refractivity contribution is -0.132. The highest BCUT2D eigenvalue weighted by atomic mass is 16.4. The minimum atomic E-state index is -0.431. The lowest BCUT2D eigenvalue weighted by Gasteiger charge is -2.36. The van der Waals surface area contributed by atoms with E-state index in [2.05, 4.69) is 9.88 Å². The fourth-order valence-corrected chi connectivity index (χ4v) is 2.96. The van der Waals surface area contributed by atoms with Crippen molar-refractivity contribution < 1.29 is 9.21 Å². The molecule has 1 aromatic heterocycles. The molecule has 2 heterocycles. The fourth-order valence-electron chi connectivity index (χ4n) is 2.96. The summed E-state index contributed by atoms with van der Waals surface area (Å²) in [6.07, 6.45) is 2.10. The molecule has 1 N–H and O–H groups in total. The molecule has 0 bridgehead atoms. The zero-order valence-corrected chi connectivity index (χ0v) is 11.7. The van der Waals surface area contributed by atoms with E-state index in [1.165, 1.54) is 0 Å². The molecule has 1 saturated carbocycles. The molecule has 1 aromatic carbocycles. The molecule has 2 fully saturated rings. The number of oxazole rings is 1. The van der Waals surface area contributed by atoms with Gasteiger partial charge in [0.05, 0.1) is 11.2 Å². The van der Waals surface area contributed by atoms with Gasteiger partial charge in [-0.2, -0.15) is 0 Å². The summed E-state index contributed by atoms with van der Waals surface area (Å²) in [6, 6.07) is 5.69. The number of hydrogen-bond donors (Lipinski definition) is 1. The monoisotopic (exact) mass is 287 g/mol. The van der Waals surface area contributed by atoms with Gasteiger partial charge in [0.2, 0.25) is 5.91 Å². The standard InChI is InChI=1S/C15H17N3O3/c19-14(10-4-5-10)18-8-6-17(7-9-18)12-3-1-2-11-13(12)21-15(20)16-11/h1-3,10H,4-9H2,(H,16,20). The molecule has 1 aliphatic heterocycles. The predicted molar refractivity (Wildman–Crippen MR) is 78.4 cm³/mol. The van der Waals surface area contributed by atoms with Crippen LogP contribution in [0.3, 0.4) is 0 Å². The van der Waals surface area contributed by atoms with E-state index in [1.807, 2.05) is 23.1 Å². The molecule has 1 aliphatic carbocycles. The van der Waals surface area contributed by atoms with Crippen molar-refractivity contribution in [3.8, 4) is 0 Å². The number of benzene rings is 1. The van der Waals surface area contributed by atoms with Crippen LogP contribution >= 0.6 is 0 Å². The van der Waals surface area contributed by atoms with Gasteiger partial charge in [0.1, 0.15) is 0 Å². The van der Waals surface area contributed by atoms with Crippen molar-refractivity contribution in [2.75, 3.05) is 31.1 Å². The van der Waals surface area contributed by atoms with Crippen molar-refractivity contribution in [2.45, 2.75) is 12.8 Å². The summed E-state index contributed by atoms with van der Waals surface area (Å²) in [5.74, 6) is 0.156. The molecular weight excluding hydrogens is 270 g/mol. The number of anilines is 1. The van der Waals surface area contributed by atoms with Gasteiger partial charge in [0.15, 0.2) is 5.58 Å². The molecule has 110 valence electrons. The number of aromatic nitrogens is 1. The topological polar surface area (TPSA) is 69.6 Å². The minimum Gasteiger partial charge on any atom is -0.406 e. The van der Waals surface area contributed by atoms with Crippen LogP contribution < -0.4 is 10.7 Å². The van der Waals surface area contributed by atoms with E-state index in [-0.39, 0.29) is 5.92 Å². The van der Waals surface area contributed by atoms with E-state index in [4.69, 9.17) is 4.42 Å². The van der Waals surface area contributed by atoms with E-state index in [0.717, 1.165) is 44.7 Å². The Morgan fingerprint density at radius 2 is 1.95 bits per heavy atom. The van der Waals surface area contributed by atoms with Crippen molar-refractivity contribution in [3.63, 3.8) is 0 Å². The normalized spacial score (nSPS) is 19.2. The number of piperazine rings is 1. The first-order valence-electron chi connectivity index (χ1n) is 7.38. The molecule has 6 heteroatoms. The molecule has 1 amide bonds. The number of H-pyrrole nitrogens is 1. The first-order chi connectivity index (χ1) is 10.2. The molecule has 2 aromatic rings. The second-order valence-corrected chi connectivity index (χ2v) is 5.75. The lowest BCUT2D eigenvalue weighted by atomic mass is 10.2. The lowest BCUT2D eigenvalue weighted by Crippen LogP contribution is -2.49. The molecule has 0 spiro atoms. The van der Waals surface area contributed by atoms with Crippen LogP contribution in [0.25, 0.3) is 11.1 Å². The number of aromatic amines is 1. The van der Waals surface area contributed by atoms with Gasteiger partial charge >= 0.3 is 5.76 Å². The third-order valence-corrected chi connectivity index (χ3v) is 4.28. The van der Waals surface area contributed by atoms with Gasteiger partial charge in [-0.15, -0.1) is 0 Å². The molecule has 2 aliphatic rings. The van der Waals surface area contributed by atoms with E-state index in [1.54, 1.807) is 0 Å². The number of nitrogens with zero attached hydrogens (tertiary/aromatic N) is 2. The Bertz CT molecular complexity index is 736. The van der Waals surface area contributed by atoms with Gasteiger partial charge in [-0.05, 0) is 25.0 Å². The molecule has 1 saturated heterocycles. The highest BCUT2D eigenvalue weighted by molar-refractivity contribution is 5.87. The summed E-state index contributed by atoms with van der Waals surface area (Å²) in [5.41, 5.74) is 2.24. The van der Waals surface area contributed by atoms with Crippen LogP contribution in [0.15, 0.2) is 27.4 Å². The van der Waals surface area contributed by atoms with Crippen LogP contribution in [0.4, 0.5) is 5.69 Å².